The molecule has 226 valence electrons. The molecular weight excluding hydrogens is 574 g/mol. The SMILES string of the molecule is CC1(N2CC[C@@H](Nc3cccn4c(SC(F)(F)F)c(C#CCNC(=O)c5cnn(C(C)(C)C)c5)nc34)[C@@H](F)C2)COC1. The predicted molar refractivity (Wildman–Crippen MR) is 151 cm³/mol. The molecule has 2 fully saturated rings. The van der Waals surface area contributed by atoms with Crippen LogP contribution in [-0.4, -0.2) is 86.1 Å². The predicted octanol–water partition coefficient (Wildman–Crippen LogP) is 4.29. The van der Waals surface area contributed by atoms with Gasteiger partial charge < -0.3 is 15.4 Å². The van der Waals surface area contributed by atoms with Crippen LogP contribution < -0.4 is 10.6 Å². The van der Waals surface area contributed by atoms with Crippen molar-refractivity contribution in [3.8, 4) is 11.8 Å². The number of nitrogens with zero attached hydrogens (tertiary/aromatic N) is 5. The normalized spacial score (nSPS) is 21.0. The van der Waals surface area contributed by atoms with Crippen LogP contribution >= 0.6 is 11.8 Å². The van der Waals surface area contributed by atoms with Crippen molar-refractivity contribution in [2.75, 3.05) is 38.2 Å². The molecule has 2 atom stereocenters. The number of rotatable bonds is 6. The highest BCUT2D eigenvalue weighted by atomic mass is 32.2. The van der Waals surface area contributed by atoms with Crippen LogP contribution in [0.2, 0.25) is 0 Å². The average Bonchev–Trinajstić information content (AvgIpc) is 3.52. The summed E-state index contributed by atoms with van der Waals surface area (Å²) in [6.07, 6.45) is 3.86. The molecule has 0 unspecified atom stereocenters. The maximum absolute atomic E-state index is 15.2. The molecule has 9 nitrogen and oxygen atoms in total. The lowest BCUT2D eigenvalue weighted by atomic mass is 9.92. The van der Waals surface area contributed by atoms with Crippen LogP contribution in [0.25, 0.3) is 5.65 Å². The summed E-state index contributed by atoms with van der Waals surface area (Å²) in [6.45, 7) is 9.84. The fraction of sp³-hybridized carbons (Fsp3) is 0.536. The summed E-state index contributed by atoms with van der Waals surface area (Å²) in [5.74, 6) is 4.97. The first-order valence-corrected chi connectivity index (χ1v) is 14.4. The molecule has 2 saturated heterocycles. The summed E-state index contributed by atoms with van der Waals surface area (Å²) < 4.78 is 64.1. The van der Waals surface area contributed by atoms with Crippen molar-refractivity contribution in [2.45, 2.75) is 67.9 Å². The minimum absolute atomic E-state index is 0.0918. The largest absolute Gasteiger partial charge is 0.447 e. The number of alkyl halides is 4. The van der Waals surface area contributed by atoms with Gasteiger partial charge in [0, 0.05) is 37.2 Å². The van der Waals surface area contributed by atoms with Gasteiger partial charge in [-0.1, -0.05) is 5.92 Å². The molecule has 14 heteroatoms. The number of halogens is 4. The lowest BCUT2D eigenvalue weighted by molar-refractivity contribution is -0.142. The van der Waals surface area contributed by atoms with Crippen LogP contribution in [0.1, 0.15) is 50.2 Å². The summed E-state index contributed by atoms with van der Waals surface area (Å²) >= 11 is -0.324. The third kappa shape index (κ3) is 6.53. The number of carbonyl (C=O) groups is 1. The van der Waals surface area contributed by atoms with Crippen LogP contribution in [0, 0.1) is 11.8 Å². The van der Waals surface area contributed by atoms with E-state index in [0.717, 1.165) is 0 Å². The monoisotopic (exact) mass is 607 g/mol. The number of aromatic nitrogens is 4. The first kappa shape index (κ1) is 30.2. The molecule has 0 spiro atoms. The molecule has 2 N–H and O–H groups in total. The summed E-state index contributed by atoms with van der Waals surface area (Å²) in [7, 11) is 0. The third-order valence-corrected chi connectivity index (χ3v) is 8.18. The minimum atomic E-state index is -4.59. The molecule has 2 aliphatic rings. The van der Waals surface area contributed by atoms with Crippen molar-refractivity contribution in [3.63, 3.8) is 0 Å². The van der Waals surface area contributed by atoms with E-state index in [-0.39, 0.29) is 52.3 Å². The van der Waals surface area contributed by atoms with E-state index in [1.807, 2.05) is 20.8 Å². The van der Waals surface area contributed by atoms with E-state index < -0.39 is 23.6 Å². The number of thioether (sulfide) groups is 1. The molecule has 1 amide bonds. The Hall–Kier alpha value is -3.28. The molecular formula is C28H33F4N7O2S. The number of pyridine rings is 1. The van der Waals surface area contributed by atoms with Crippen molar-refractivity contribution in [1.82, 2.24) is 29.4 Å². The van der Waals surface area contributed by atoms with Gasteiger partial charge in [-0.05, 0) is 52.2 Å². The second-order valence-electron chi connectivity index (χ2n) is 11.7. The average molecular weight is 608 g/mol. The first-order chi connectivity index (χ1) is 19.7. The molecule has 5 rings (SSSR count). The van der Waals surface area contributed by atoms with Gasteiger partial charge in [0.1, 0.15) is 16.9 Å². The van der Waals surface area contributed by atoms with Crippen LogP contribution in [0.4, 0.5) is 23.2 Å². The minimum Gasteiger partial charge on any atom is -0.377 e. The van der Waals surface area contributed by atoms with Gasteiger partial charge in [-0.3, -0.25) is 18.8 Å². The Labute approximate surface area is 245 Å². The Morgan fingerprint density at radius 1 is 1.29 bits per heavy atom. The molecule has 5 heterocycles. The maximum atomic E-state index is 15.2. The topological polar surface area (TPSA) is 88.7 Å². The van der Waals surface area contributed by atoms with Crippen molar-refractivity contribution >= 4 is 29.0 Å². The highest BCUT2D eigenvalue weighted by Gasteiger charge is 2.43. The van der Waals surface area contributed by atoms with E-state index in [1.54, 1.807) is 23.0 Å². The van der Waals surface area contributed by atoms with Crippen molar-refractivity contribution in [2.24, 2.45) is 0 Å². The van der Waals surface area contributed by atoms with Crippen molar-refractivity contribution in [1.29, 1.82) is 0 Å². The quantitative estimate of drug-likeness (QED) is 0.246. The van der Waals surface area contributed by atoms with Gasteiger partial charge in [0.15, 0.2) is 5.65 Å². The van der Waals surface area contributed by atoms with E-state index in [4.69, 9.17) is 4.74 Å². The van der Waals surface area contributed by atoms with Gasteiger partial charge in [0.2, 0.25) is 0 Å². The highest BCUT2D eigenvalue weighted by molar-refractivity contribution is 8.00. The Kier molecular flexibility index (Phi) is 8.21. The Balaban J connectivity index is 1.33. The van der Waals surface area contributed by atoms with Crippen molar-refractivity contribution < 1.29 is 27.1 Å². The fourth-order valence-electron chi connectivity index (χ4n) is 4.95. The summed E-state index contributed by atoms with van der Waals surface area (Å²) in [6, 6.07) is 2.72. The molecule has 2 aliphatic heterocycles. The molecule has 42 heavy (non-hydrogen) atoms. The molecule has 3 aromatic heterocycles. The number of ether oxygens (including phenoxy) is 1. The fourth-order valence-corrected chi connectivity index (χ4v) is 5.60. The van der Waals surface area contributed by atoms with Crippen LogP contribution in [0.5, 0.6) is 0 Å². The van der Waals surface area contributed by atoms with E-state index in [1.165, 1.54) is 16.8 Å². The summed E-state index contributed by atoms with van der Waals surface area (Å²) in [4.78, 5) is 19.0. The number of carbonyl (C=O) groups excluding carboxylic acids is 1. The van der Waals surface area contributed by atoms with Gasteiger partial charge in [-0.2, -0.15) is 18.3 Å². The second-order valence-corrected chi connectivity index (χ2v) is 12.8. The number of imidazole rings is 1. The Morgan fingerprint density at radius 2 is 2.05 bits per heavy atom. The zero-order chi connectivity index (χ0) is 30.3. The number of amides is 1. The number of fused-ring (bicyclic) bond motifs is 1. The third-order valence-electron chi connectivity index (χ3n) is 7.37. The second kappa shape index (κ2) is 11.4. The lowest BCUT2D eigenvalue weighted by Gasteiger charge is -2.50. The maximum Gasteiger partial charge on any atom is 0.447 e. The number of anilines is 1. The molecule has 0 saturated carbocycles. The van der Waals surface area contributed by atoms with Crippen LogP contribution in [-0.2, 0) is 10.3 Å². The number of nitrogens with one attached hydrogen (secondary N) is 2. The smallest absolute Gasteiger partial charge is 0.377 e. The van der Waals surface area contributed by atoms with Gasteiger partial charge >= 0.3 is 5.51 Å². The van der Waals surface area contributed by atoms with Crippen LogP contribution in [0.3, 0.4) is 0 Å². The lowest BCUT2D eigenvalue weighted by Crippen LogP contribution is -2.64. The molecule has 3 aromatic rings. The van der Waals surface area contributed by atoms with Crippen molar-refractivity contribution in [3.05, 3.63) is 42.0 Å². The van der Waals surface area contributed by atoms with E-state index >= 15 is 4.39 Å². The molecule has 0 aromatic carbocycles. The number of likely N-dealkylation sites (tertiary alicyclic amines) is 1. The van der Waals surface area contributed by atoms with E-state index in [0.29, 0.717) is 37.4 Å². The zero-order valence-electron chi connectivity index (χ0n) is 23.8. The van der Waals surface area contributed by atoms with E-state index in [2.05, 4.69) is 44.4 Å². The molecule has 0 radical (unpaired) electrons. The highest BCUT2D eigenvalue weighted by Crippen LogP contribution is 2.40. The first-order valence-electron chi connectivity index (χ1n) is 13.6. The number of hydrogen-bond acceptors (Lipinski definition) is 7. The number of piperidine rings is 1. The Bertz CT molecular complexity index is 1510. The van der Waals surface area contributed by atoms with E-state index in [9.17, 15) is 18.0 Å². The molecule has 0 aliphatic carbocycles. The molecule has 0 bridgehead atoms. The van der Waals surface area contributed by atoms with Gasteiger partial charge in [0.25, 0.3) is 5.91 Å². The standard InChI is InChI=1S/C28H33F4N7O2S/c1-26(2,3)39-14-18(13-34-39)24(40)33-10-5-7-22-25(42-28(30,31)32)38-11-6-8-21(23(38)36-22)35-20-9-12-37(15-19(20)29)27(4)16-41-17-27/h6,8,11,13-14,19-20,35H,9-10,12,15-17H2,1-4H3,(H,33,40)/t19-,20+/m0/s1. The summed E-state index contributed by atoms with van der Waals surface area (Å²) in [5, 5.41) is 9.79. The zero-order valence-corrected chi connectivity index (χ0v) is 24.6. The van der Waals surface area contributed by atoms with Crippen LogP contribution in [0.15, 0.2) is 35.7 Å². The number of hydrogen-bond donors (Lipinski definition) is 2. The summed E-state index contributed by atoms with van der Waals surface area (Å²) in [5.41, 5.74) is -4.17. The Morgan fingerprint density at radius 3 is 2.67 bits per heavy atom. The van der Waals surface area contributed by atoms with Gasteiger partial charge in [-0.25, -0.2) is 9.37 Å². The van der Waals surface area contributed by atoms with Gasteiger partial charge in [-0.15, -0.1) is 0 Å². The van der Waals surface area contributed by atoms with Gasteiger partial charge in [0.05, 0.1) is 54.3 Å².